The molecule has 0 aliphatic heterocycles. The van der Waals surface area contributed by atoms with Crippen molar-refractivity contribution in [1.82, 2.24) is 0 Å². The van der Waals surface area contributed by atoms with Crippen LogP contribution in [0.3, 0.4) is 0 Å². The summed E-state index contributed by atoms with van der Waals surface area (Å²) in [7, 11) is 0. The summed E-state index contributed by atoms with van der Waals surface area (Å²) in [5.41, 5.74) is 1.97. The van der Waals surface area contributed by atoms with E-state index in [9.17, 15) is 9.90 Å². The fourth-order valence-electron chi connectivity index (χ4n) is 2.12. The van der Waals surface area contributed by atoms with Crippen LogP contribution < -0.4 is 0 Å². The molecular weight excluding hydrogens is 264 g/mol. The Labute approximate surface area is 125 Å². The number of carbonyl (C=O) groups is 1. The maximum absolute atomic E-state index is 11.7. The zero-order valence-corrected chi connectivity index (χ0v) is 11.9. The number of aryl methyl sites for hydroxylation is 1. The molecule has 0 aliphatic rings. The van der Waals surface area contributed by atoms with Crippen LogP contribution in [-0.2, 0) is 16.0 Å². The van der Waals surface area contributed by atoms with Crippen LogP contribution in [0.25, 0.3) is 0 Å². The van der Waals surface area contributed by atoms with Crippen molar-refractivity contribution in [3.05, 3.63) is 71.8 Å². The van der Waals surface area contributed by atoms with Gasteiger partial charge in [-0.25, -0.2) is 0 Å². The van der Waals surface area contributed by atoms with E-state index in [-0.39, 0.29) is 12.4 Å². The highest BCUT2D eigenvalue weighted by Gasteiger charge is 2.13. The lowest BCUT2D eigenvalue weighted by Crippen LogP contribution is -2.11. The van der Waals surface area contributed by atoms with Gasteiger partial charge in [0.1, 0.15) is 0 Å². The van der Waals surface area contributed by atoms with Crippen molar-refractivity contribution in [3.63, 3.8) is 0 Å². The second-order valence-corrected chi connectivity index (χ2v) is 4.94. The number of carbonyl (C=O) groups excluding carboxylic acids is 1. The molecule has 0 aliphatic carbocycles. The maximum atomic E-state index is 11.7. The standard InChI is InChI=1S/C18H20O3/c19-17(16-11-5-2-6-12-16)14-18(20)21-13-7-10-15-8-3-1-4-9-15/h1-6,8-9,11-12,17,19H,7,10,13-14H2. The highest BCUT2D eigenvalue weighted by molar-refractivity contribution is 5.70. The van der Waals surface area contributed by atoms with E-state index < -0.39 is 6.10 Å². The number of hydrogen-bond acceptors (Lipinski definition) is 3. The summed E-state index contributed by atoms with van der Waals surface area (Å²) in [6.45, 7) is 0.384. The van der Waals surface area contributed by atoms with Crippen LogP contribution >= 0.6 is 0 Å². The summed E-state index contributed by atoms with van der Waals surface area (Å²) in [6, 6.07) is 19.2. The molecule has 0 heterocycles. The summed E-state index contributed by atoms with van der Waals surface area (Å²) in [5, 5.41) is 9.92. The van der Waals surface area contributed by atoms with Crippen molar-refractivity contribution < 1.29 is 14.6 Å². The fraction of sp³-hybridized carbons (Fsp3) is 0.278. The summed E-state index contributed by atoms with van der Waals surface area (Å²) in [4.78, 5) is 11.7. The lowest BCUT2D eigenvalue weighted by atomic mass is 10.1. The molecule has 2 aromatic carbocycles. The zero-order valence-electron chi connectivity index (χ0n) is 11.9. The Morgan fingerprint density at radius 1 is 1.00 bits per heavy atom. The number of ether oxygens (including phenoxy) is 1. The first-order chi connectivity index (χ1) is 10.3. The van der Waals surface area contributed by atoms with E-state index in [0.717, 1.165) is 18.4 Å². The first kappa shape index (κ1) is 15.3. The molecule has 1 unspecified atom stereocenters. The fourth-order valence-corrected chi connectivity index (χ4v) is 2.12. The first-order valence-electron chi connectivity index (χ1n) is 7.18. The molecule has 110 valence electrons. The van der Waals surface area contributed by atoms with Gasteiger partial charge in [0, 0.05) is 0 Å². The number of benzene rings is 2. The molecule has 1 atom stereocenters. The third kappa shape index (κ3) is 5.40. The van der Waals surface area contributed by atoms with Gasteiger partial charge < -0.3 is 9.84 Å². The molecule has 0 bridgehead atoms. The number of aliphatic hydroxyl groups is 1. The minimum Gasteiger partial charge on any atom is -0.466 e. The van der Waals surface area contributed by atoms with E-state index in [4.69, 9.17) is 4.74 Å². The van der Waals surface area contributed by atoms with E-state index in [1.165, 1.54) is 5.56 Å². The highest BCUT2D eigenvalue weighted by Crippen LogP contribution is 2.16. The molecule has 2 aromatic rings. The largest absolute Gasteiger partial charge is 0.466 e. The van der Waals surface area contributed by atoms with Gasteiger partial charge in [-0.05, 0) is 24.0 Å². The van der Waals surface area contributed by atoms with E-state index in [2.05, 4.69) is 12.1 Å². The van der Waals surface area contributed by atoms with Crippen molar-refractivity contribution in [2.75, 3.05) is 6.61 Å². The van der Waals surface area contributed by atoms with Crippen molar-refractivity contribution in [2.24, 2.45) is 0 Å². The molecule has 2 rings (SSSR count). The summed E-state index contributed by atoms with van der Waals surface area (Å²) in [5.74, 6) is -0.362. The first-order valence-corrected chi connectivity index (χ1v) is 7.18. The Morgan fingerprint density at radius 2 is 1.62 bits per heavy atom. The van der Waals surface area contributed by atoms with E-state index in [1.54, 1.807) is 12.1 Å². The van der Waals surface area contributed by atoms with Crippen LogP contribution in [-0.4, -0.2) is 17.7 Å². The molecule has 0 fully saturated rings. The summed E-state index contributed by atoms with van der Waals surface area (Å²) >= 11 is 0. The average molecular weight is 284 g/mol. The molecule has 0 saturated carbocycles. The van der Waals surface area contributed by atoms with Crippen LogP contribution in [0.15, 0.2) is 60.7 Å². The minimum absolute atomic E-state index is 0.00461. The molecule has 0 amide bonds. The van der Waals surface area contributed by atoms with Crippen LogP contribution in [0.1, 0.15) is 30.1 Å². The topological polar surface area (TPSA) is 46.5 Å². The number of esters is 1. The summed E-state index contributed by atoms with van der Waals surface area (Å²) in [6.07, 6.45) is 0.870. The second kappa shape index (κ2) is 8.22. The molecule has 21 heavy (non-hydrogen) atoms. The lowest BCUT2D eigenvalue weighted by Gasteiger charge is -2.10. The van der Waals surface area contributed by atoms with Gasteiger partial charge in [0.15, 0.2) is 0 Å². The third-order valence-corrected chi connectivity index (χ3v) is 3.26. The molecule has 0 saturated heterocycles. The molecule has 0 radical (unpaired) electrons. The van der Waals surface area contributed by atoms with E-state index >= 15 is 0 Å². The maximum Gasteiger partial charge on any atom is 0.308 e. The number of rotatable bonds is 7. The number of aliphatic hydroxyl groups excluding tert-OH is 1. The Kier molecular flexibility index (Phi) is 5.98. The Balaban J connectivity index is 1.66. The third-order valence-electron chi connectivity index (χ3n) is 3.26. The van der Waals surface area contributed by atoms with Gasteiger partial charge in [-0.1, -0.05) is 60.7 Å². The minimum atomic E-state index is -0.798. The number of hydrogen-bond donors (Lipinski definition) is 1. The van der Waals surface area contributed by atoms with Crippen molar-refractivity contribution >= 4 is 5.97 Å². The Bertz CT molecular complexity index is 537. The van der Waals surface area contributed by atoms with Crippen LogP contribution in [0.5, 0.6) is 0 Å². The van der Waals surface area contributed by atoms with E-state index in [1.807, 2.05) is 36.4 Å². The van der Waals surface area contributed by atoms with Crippen molar-refractivity contribution in [1.29, 1.82) is 0 Å². The van der Waals surface area contributed by atoms with Gasteiger partial charge in [0.05, 0.1) is 19.1 Å². The Morgan fingerprint density at radius 3 is 2.29 bits per heavy atom. The summed E-state index contributed by atoms with van der Waals surface area (Å²) < 4.78 is 5.16. The predicted octanol–water partition coefficient (Wildman–Crippen LogP) is 3.29. The molecule has 0 aromatic heterocycles. The van der Waals surface area contributed by atoms with Gasteiger partial charge >= 0.3 is 5.97 Å². The normalized spacial score (nSPS) is 11.9. The van der Waals surface area contributed by atoms with Gasteiger partial charge in [0.25, 0.3) is 0 Å². The Hall–Kier alpha value is -2.13. The molecule has 3 nitrogen and oxygen atoms in total. The average Bonchev–Trinajstić information content (AvgIpc) is 2.53. The van der Waals surface area contributed by atoms with Gasteiger partial charge in [-0.15, -0.1) is 0 Å². The van der Waals surface area contributed by atoms with Crippen molar-refractivity contribution in [2.45, 2.75) is 25.4 Å². The van der Waals surface area contributed by atoms with E-state index in [0.29, 0.717) is 6.61 Å². The van der Waals surface area contributed by atoms with Gasteiger partial charge in [-0.2, -0.15) is 0 Å². The van der Waals surface area contributed by atoms with Crippen molar-refractivity contribution in [3.8, 4) is 0 Å². The highest BCUT2D eigenvalue weighted by atomic mass is 16.5. The monoisotopic (exact) mass is 284 g/mol. The van der Waals surface area contributed by atoms with Crippen LogP contribution in [0.2, 0.25) is 0 Å². The van der Waals surface area contributed by atoms with Gasteiger partial charge in [-0.3, -0.25) is 4.79 Å². The molecule has 0 spiro atoms. The second-order valence-electron chi connectivity index (χ2n) is 4.94. The molecule has 1 N–H and O–H groups in total. The van der Waals surface area contributed by atoms with Crippen LogP contribution in [0.4, 0.5) is 0 Å². The smallest absolute Gasteiger partial charge is 0.308 e. The quantitative estimate of drug-likeness (QED) is 0.627. The molecule has 3 heteroatoms. The van der Waals surface area contributed by atoms with Gasteiger partial charge in [0.2, 0.25) is 0 Å². The zero-order chi connectivity index (χ0) is 14.9. The SMILES string of the molecule is O=C(CC(O)c1ccccc1)OCCCc1ccccc1. The lowest BCUT2D eigenvalue weighted by molar-refractivity contribution is -0.146. The molecular formula is C18H20O3. The van der Waals surface area contributed by atoms with Crippen LogP contribution in [0, 0.1) is 0 Å². The predicted molar refractivity (Wildman–Crippen MR) is 81.7 cm³/mol.